The van der Waals surface area contributed by atoms with Gasteiger partial charge in [-0.1, -0.05) is 45.9 Å². The molecule has 2 aliphatic rings. The van der Waals surface area contributed by atoms with Crippen LogP contribution >= 0.6 is 0 Å². The number of fused-ring (bicyclic) bond motifs is 2. The lowest BCUT2D eigenvalue weighted by molar-refractivity contribution is -0.160. The second-order valence-corrected chi connectivity index (χ2v) is 15.2. The zero-order valence-corrected chi connectivity index (χ0v) is 32.9. The van der Waals surface area contributed by atoms with E-state index in [0.29, 0.717) is 5.65 Å². The lowest BCUT2D eigenvalue weighted by atomic mass is 9.78. The molecule has 0 fully saturated rings. The number of phenols is 2. The third kappa shape index (κ3) is 6.97. The molecule has 0 unspecified atom stereocenters. The van der Waals surface area contributed by atoms with Crippen LogP contribution in [0.3, 0.4) is 0 Å². The summed E-state index contributed by atoms with van der Waals surface area (Å²) in [7, 11) is 1.46. The second-order valence-electron chi connectivity index (χ2n) is 15.2. The summed E-state index contributed by atoms with van der Waals surface area (Å²) in [6.45, 7) is 13.1. The van der Waals surface area contributed by atoms with Crippen molar-refractivity contribution in [1.82, 2.24) is 9.38 Å². The maximum absolute atomic E-state index is 14.4. The number of methoxy groups -OCH3 is 1. The molecule has 1 amide bonds. The molecule has 4 bridgehead atoms. The average molecular weight is 772 g/mol. The van der Waals surface area contributed by atoms with Crippen molar-refractivity contribution >= 4 is 50.8 Å². The number of nitrogens with zero attached hydrogens (tertiary/aromatic N) is 2. The van der Waals surface area contributed by atoms with Crippen LogP contribution in [0.1, 0.15) is 64.4 Å². The number of ether oxygens (including phenoxy) is 4. The standard InChI is InChI=1S/C42H49N3O11/c1-19-13-15-45-29(17-19)43-33-32-30-26(47)18-28-31(32)40(51)42(8,56-28)54-16-14-27(53-9)22(4)39(55-25(7)46)24(6)37(49)23(5)36(48)20(2)11-10-12-21(3)41(52)44-34(35(33)45)38(30)50/h10-18,20,22-24,27,36-37,39,47-50H,1-9H3,(H,44,52)/b11-10+,16-14+,21-12-/t20-,22+,23+,24+,27-,36-,37+,39+,42-/m0/s1. The summed E-state index contributed by atoms with van der Waals surface area (Å²) in [4.78, 5) is 45.3. The second kappa shape index (κ2) is 15.2. The van der Waals surface area contributed by atoms with Crippen molar-refractivity contribution in [2.24, 2.45) is 23.7 Å². The van der Waals surface area contributed by atoms with E-state index in [9.17, 15) is 34.8 Å². The zero-order valence-electron chi connectivity index (χ0n) is 32.9. The Hall–Kier alpha value is -5.44. The van der Waals surface area contributed by atoms with Crippen LogP contribution in [0.4, 0.5) is 5.69 Å². The number of hydrogen-bond acceptors (Lipinski definition) is 12. The summed E-state index contributed by atoms with van der Waals surface area (Å²) in [5.74, 6) is -7.05. The molecule has 56 heavy (non-hydrogen) atoms. The van der Waals surface area contributed by atoms with Gasteiger partial charge in [-0.15, -0.1) is 0 Å². The van der Waals surface area contributed by atoms with E-state index < -0.39 is 83.0 Å². The fourth-order valence-corrected chi connectivity index (χ4v) is 7.82. The first kappa shape index (κ1) is 40.2. The quantitative estimate of drug-likeness (QED) is 0.121. The van der Waals surface area contributed by atoms with E-state index in [4.69, 9.17) is 23.9 Å². The minimum atomic E-state index is -1.95. The number of carbonyl (C=O) groups excluding carboxylic acids is 3. The Bertz CT molecular complexity index is 2330. The number of pyridine rings is 1. The molecule has 14 heteroatoms. The fourth-order valence-electron chi connectivity index (χ4n) is 7.82. The molecule has 4 aromatic rings. The summed E-state index contributed by atoms with van der Waals surface area (Å²) < 4.78 is 25.3. The highest BCUT2D eigenvalue weighted by Crippen LogP contribution is 2.52. The lowest BCUT2D eigenvalue weighted by Gasteiger charge is -2.38. The highest BCUT2D eigenvalue weighted by molar-refractivity contribution is 6.28. The first-order valence-electron chi connectivity index (χ1n) is 18.5. The molecule has 2 aromatic carbocycles. The first-order chi connectivity index (χ1) is 26.4. The number of phenolic OH excluding ortho intramolecular Hbond substituents is 2. The smallest absolute Gasteiger partial charge is 0.312 e. The van der Waals surface area contributed by atoms with Gasteiger partial charge in [0.15, 0.2) is 5.75 Å². The van der Waals surface area contributed by atoms with Crippen LogP contribution in [0.2, 0.25) is 0 Å². The number of aromatic nitrogens is 2. The molecule has 6 rings (SSSR count). The van der Waals surface area contributed by atoms with Gasteiger partial charge in [-0.3, -0.25) is 18.8 Å². The molecular weight excluding hydrogens is 722 g/mol. The molecule has 2 aromatic heterocycles. The van der Waals surface area contributed by atoms with Gasteiger partial charge in [0.2, 0.25) is 0 Å². The average Bonchev–Trinajstić information content (AvgIpc) is 3.64. The Morgan fingerprint density at radius 3 is 2.39 bits per heavy atom. The molecule has 0 saturated carbocycles. The minimum absolute atomic E-state index is 0.00231. The van der Waals surface area contributed by atoms with Gasteiger partial charge in [0.1, 0.15) is 40.0 Å². The van der Waals surface area contributed by atoms with Gasteiger partial charge in [0, 0.05) is 67.9 Å². The van der Waals surface area contributed by atoms with Crippen molar-refractivity contribution in [3.05, 3.63) is 71.7 Å². The Kier molecular flexibility index (Phi) is 11.0. The number of anilines is 1. The predicted octanol–water partition coefficient (Wildman–Crippen LogP) is 5.85. The molecule has 0 saturated heterocycles. The van der Waals surface area contributed by atoms with E-state index in [2.05, 4.69) is 5.32 Å². The van der Waals surface area contributed by atoms with Gasteiger partial charge >= 0.3 is 11.8 Å². The molecule has 4 heterocycles. The number of hydrogen-bond donors (Lipinski definition) is 5. The molecule has 9 atom stereocenters. The highest BCUT2D eigenvalue weighted by Gasteiger charge is 2.49. The number of nitrogens with one attached hydrogen (secondary N) is 1. The number of allylic oxidation sites excluding steroid dienone is 2. The van der Waals surface area contributed by atoms with E-state index in [1.807, 2.05) is 13.0 Å². The van der Waals surface area contributed by atoms with Crippen LogP contribution in [-0.2, 0) is 23.8 Å². The molecule has 0 radical (unpaired) electrons. The summed E-state index contributed by atoms with van der Waals surface area (Å²) in [6, 6.07) is 4.83. The number of benzene rings is 2. The largest absolute Gasteiger partial charge is 0.507 e. The number of amides is 1. The van der Waals surface area contributed by atoms with Crippen molar-refractivity contribution in [1.29, 1.82) is 0 Å². The van der Waals surface area contributed by atoms with Gasteiger partial charge in [0.25, 0.3) is 11.7 Å². The summed E-state index contributed by atoms with van der Waals surface area (Å²) >= 11 is 0. The number of carbonyl (C=O) groups is 3. The van der Waals surface area contributed by atoms with Gasteiger partial charge < -0.3 is 44.7 Å². The molecule has 5 N–H and O–H groups in total. The number of imidazole rings is 1. The maximum atomic E-state index is 14.4. The summed E-state index contributed by atoms with van der Waals surface area (Å²) in [6.07, 6.45) is 5.60. The van der Waals surface area contributed by atoms with E-state index in [1.54, 1.807) is 69.5 Å². The first-order valence-corrected chi connectivity index (χ1v) is 18.5. The van der Waals surface area contributed by atoms with Crippen molar-refractivity contribution in [2.75, 3.05) is 12.4 Å². The highest BCUT2D eigenvalue weighted by atomic mass is 16.7. The Labute approximate surface area is 324 Å². The number of esters is 1. The number of aryl methyl sites for hydroxylation is 1. The molecule has 14 nitrogen and oxygen atoms in total. The topological polar surface area (TPSA) is 198 Å². The van der Waals surface area contributed by atoms with Gasteiger partial charge in [-0.2, -0.15) is 0 Å². The summed E-state index contributed by atoms with van der Waals surface area (Å²) in [5.41, 5.74) is 2.01. The Balaban J connectivity index is 1.55. The number of Topliss-reactive ketones (excluding diaryl/α,β-unsaturated/α-hetero) is 1. The monoisotopic (exact) mass is 771 g/mol. The van der Waals surface area contributed by atoms with Crippen LogP contribution in [0.5, 0.6) is 17.2 Å². The van der Waals surface area contributed by atoms with Gasteiger partial charge in [0.05, 0.1) is 35.5 Å². The molecular formula is C42H49N3O11. The predicted molar refractivity (Wildman–Crippen MR) is 208 cm³/mol. The maximum Gasteiger partial charge on any atom is 0.312 e. The van der Waals surface area contributed by atoms with Gasteiger partial charge in [-0.25, -0.2) is 4.98 Å². The van der Waals surface area contributed by atoms with E-state index in [1.165, 1.54) is 39.4 Å². The van der Waals surface area contributed by atoms with Crippen molar-refractivity contribution in [3.8, 4) is 17.2 Å². The van der Waals surface area contributed by atoms with Crippen LogP contribution in [-0.4, -0.2) is 84.8 Å². The van der Waals surface area contributed by atoms with E-state index >= 15 is 0 Å². The molecule has 0 aliphatic carbocycles. The van der Waals surface area contributed by atoms with Crippen LogP contribution in [0.25, 0.3) is 27.5 Å². The van der Waals surface area contributed by atoms with Crippen LogP contribution in [0.15, 0.2) is 60.5 Å². The van der Waals surface area contributed by atoms with Crippen molar-refractivity contribution < 1.29 is 53.8 Å². The third-order valence-electron chi connectivity index (χ3n) is 11.1. The van der Waals surface area contributed by atoms with E-state index in [-0.39, 0.29) is 44.4 Å². The van der Waals surface area contributed by atoms with Crippen molar-refractivity contribution in [2.45, 2.75) is 85.6 Å². The number of aromatic hydroxyl groups is 2. The Morgan fingerprint density at radius 1 is 1.00 bits per heavy atom. The zero-order chi connectivity index (χ0) is 41.0. The lowest BCUT2D eigenvalue weighted by Crippen LogP contribution is -2.46. The normalized spacial score (nSPS) is 31.2. The van der Waals surface area contributed by atoms with Crippen LogP contribution in [0, 0.1) is 30.6 Å². The number of ketones is 1. The number of aliphatic hydroxyl groups excluding tert-OH is 2. The molecule has 298 valence electrons. The Morgan fingerprint density at radius 2 is 1.71 bits per heavy atom. The SMILES string of the molecule is CO[C@H]1/C=C/O[C@@]2(C)Oc3cc(O)c4c(O)c(c5c(nc6cc(C)ccn65)c4c3C2=O)NC(=O)/C(C)=C\C=C\[C@H](C)[C@H](O)[C@@H](C)[C@@H](O)[C@@H](C)[C@H](OC(C)=O)[C@@H]1C. The summed E-state index contributed by atoms with van der Waals surface area (Å²) in [5, 5.41) is 48.9. The molecule has 0 spiro atoms. The van der Waals surface area contributed by atoms with E-state index in [0.717, 1.165) is 5.56 Å². The fraction of sp³-hybridized carbons (Fsp3) is 0.429. The van der Waals surface area contributed by atoms with Crippen LogP contribution < -0.4 is 10.1 Å². The third-order valence-corrected chi connectivity index (χ3v) is 11.1. The van der Waals surface area contributed by atoms with Gasteiger partial charge in [-0.05, 0) is 37.6 Å². The van der Waals surface area contributed by atoms with Crippen molar-refractivity contribution in [3.63, 3.8) is 0 Å². The number of aliphatic hydroxyl groups is 2. The minimum Gasteiger partial charge on any atom is -0.507 e. The molecule has 2 aliphatic heterocycles. The number of rotatable bonds is 2.